The summed E-state index contributed by atoms with van der Waals surface area (Å²) in [5, 5.41) is 11.6. The van der Waals surface area contributed by atoms with Crippen molar-refractivity contribution in [1.29, 1.82) is 0 Å². The first-order chi connectivity index (χ1) is 14.1. The third-order valence-electron chi connectivity index (χ3n) is 5.68. The SMILES string of the molecule is COCCn1c(C2CCCN2CC2(O)COCCOC2)nc2ccccc2c1=O. The Morgan fingerprint density at radius 3 is 2.79 bits per heavy atom. The number of aliphatic hydroxyl groups is 1. The molecule has 4 rings (SSSR count). The van der Waals surface area contributed by atoms with Crippen LogP contribution in [0.2, 0.25) is 0 Å². The molecule has 29 heavy (non-hydrogen) atoms. The van der Waals surface area contributed by atoms with E-state index in [-0.39, 0.29) is 24.8 Å². The van der Waals surface area contributed by atoms with E-state index in [0.717, 1.165) is 25.2 Å². The lowest BCUT2D eigenvalue weighted by atomic mass is 10.1. The van der Waals surface area contributed by atoms with Crippen molar-refractivity contribution < 1.29 is 19.3 Å². The van der Waals surface area contributed by atoms with Crippen molar-refractivity contribution in [3.63, 3.8) is 0 Å². The number of fused-ring (bicyclic) bond motifs is 1. The Balaban J connectivity index is 1.69. The van der Waals surface area contributed by atoms with Gasteiger partial charge in [0.1, 0.15) is 11.4 Å². The van der Waals surface area contributed by atoms with Crippen LogP contribution in [-0.2, 0) is 20.8 Å². The number of benzene rings is 1. The van der Waals surface area contributed by atoms with E-state index in [1.807, 2.05) is 24.3 Å². The minimum atomic E-state index is -1.06. The standard InChI is InChI=1S/C21H29N3O5/c1-27-10-9-24-19(22-17-6-3-2-5-16(17)20(24)25)18-7-4-8-23(18)13-21(26)14-28-11-12-29-15-21/h2-3,5-6,18,26H,4,7-15H2,1H3. The fraction of sp³-hybridized carbons (Fsp3) is 0.619. The minimum Gasteiger partial charge on any atom is -0.384 e. The smallest absolute Gasteiger partial charge is 0.261 e. The van der Waals surface area contributed by atoms with Gasteiger partial charge in [-0.1, -0.05) is 12.1 Å². The van der Waals surface area contributed by atoms with Crippen LogP contribution in [0.5, 0.6) is 0 Å². The predicted molar refractivity (Wildman–Crippen MR) is 108 cm³/mol. The second-order valence-corrected chi connectivity index (χ2v) is 7.89. The molecule has 8 heteroatoms. The molecule has 2 aliphatic heterocycles. The molecule has 2 fully saturated rings. The number of likely N-dealkylation sites (tertiary alicyclic amines) is 1. The van der Waals surface area contributed by atoms with Crippen LogP contribution in [0.1, 0.15) is 24.7 Å². The van der Waals surface area contributed by atoms with E-state index in [9.17, 15) is 9.90 Å². The third kappa shape index (κ3) is 4.36. The Morgan fingerprint density at radius 1 is 1.28 bits per heavy atom. The van der Waals surface area contributed by atoms with Crippen molar-refractivity contribution in [2.24, 2.45) is 0 Å². The van der Waals surface area contributed by atoms with Crippen molar-refractivity contribution >= 4 is 10.9 Å². The summed E-state index contributed by atoms with van der Waals surface area (Å²) < 4.78 is 18.0. The number of hydrogen-bond donors (Lipinski definition) is 1. The fourth-order valence-electron chi connectivity index (χ4n) is 4.30. The zero-order valence-electron chi connectivity index (χ0n) is 16.9. The monoisotopic (exact) mass is 403 g/mol. The van der Waals surface area contributed by atoms with Crippen LogP contribution >= 0.6 is 0 Å². The van der Waals surface area contributed by atoms with Crippen molar-refractivity contribution in [1.82, 2.24) is 14.5 Å². The number of ether oxygens (including phenoxy) is 3. The number of para-hydroxylation sites is 1. The molecule has 0 amide bonds. The van der Waals surface area contributed by atoms with E-state index in [1.165, 1.54) is 0 Å². The van der Waals surface area contributed by atoms with Crippen molar-refractivity contribution in [2.75, 3.05) is 53.2 Å². The number of rotatable bonds is 6. The summed E-state index contributed by atoms with van der Waals surface area (Å²) >= 11 is 0. The Bertz CT molecular complexity index is 892. The molecule has 2 aliphatic rings. The molecule has 2 aromatic rings. The van der Waals surface area contributed by atoms with Crippen molar-refractivity contribution in [3.8, 4) is 0 Å². The van der Waals surface area contributed by atoms with Crippen LogP contribution in [0.15, 0.2) is 29.1 Å². The second kappa shape index (κ2) is 8.89. The van der Waals surface area contributed by atoms with Crippen molar-refractivity contribution in [3.05, 3.63) is 40.4 Å². The highest BCUT2D eigenvalue weighted by atomic mass is 16.6. The largest absolute Gasteiger partial charge is 0.384 e. The normalized spacial score (nSPS) is 22.8. The summed E-state index contributed by atoms with van der Waals surface area (Å²) in [5.41, 5.74) is -0.407. The first-order valence-electron chi connectivity index (χ1n) is 10.2. The zero-order chi connectivity index (χ0) is 20.3. The van der Waals surface area contributed by atoms with E-state index in [0.29, 0.717) is 43.8 Å². The predicted octanol–water partition coefficient (Wildman–Crippen LogP) is 0.958. The summed E-state index contributed by atoms with van der Waals surface area (Å²) in [6, 6.07) is 7.40. The van der Waals surface area contributed by atoms with Gasteiger partial charge in [0.25, 0.3) is 5.56 Å². The summed E-state index contributed by atoms with van der Waals surface area (Å²) in [4.78, 5) is 20.3. The van der Waals surface area contributed by atoms with Crippen molar-refractivity contribution in [2.45, 2.75) is 31.0 Å². The molecule has 1 aromatic carbocycles. The molecule has 0 radical (unpaired) electrons. The number of β-amino-alcohol motifs (C(OH)–C–C–N with tert-alkyl or cyclic N) is 1. The van der Waals surface area contributed by atoms with Gasteiger partial charge in [0, 0.05) is 13.7 Å². The van der Waals surface area contributed by atoms with Gasteiger partial charge in [-0.25, -0.2) is 4.98 Å². The van der Waals surface area contributed by atoms with E-state index < -0.39 is 5.60 Å². The van der Waals surface area contributed by atoms with Gasteiger partial charge < -0.3 is 19.3 Å². The molecule has 158 valence electrons. The Labute approximate surface area is 170 Å². The molecule has 3 heterocycles. The number of aromatic nitrogens is 2. The maximum absolute atomic E-state index is 13.2. The molecule has 0 aliphatic carbocycles. The van der Waals surface area contributed by atoms with Gasteiger partial charge in [0.2, 0.25) is 0 Å². The van der Waals surface area contributed by atoms with Gasteiger partial charge in [0.05, 0.1) is 56.5 Å². The van der Waals surface area contributed by atoms with E-state index in [1.54, 1.807) is 11.7 Å². The topological polar surface area (TPSA) is 86.1 Å². The van der Waals surface area contributed by atoms with Crippen LogP contribution in [0, 0.1) is 0 Å². The third-order valence-corrected chi connectivity index (χ3v) is 5.68. The first kappa shape index (κ1) is 20.4. The minimum absolute atomic E-state index is 0.0450. The van der Waals surface area contributed by atoms with E-state index in [2.05, 4.69) is 4.90 Å². The average molecular weight is 403 g/mol. The lowest BCUT2D eigenvalue weighted by molar-refractivity contribution is -0.0767. The highest BCUT2D eigenvalue weighted by molar-refractivity contribution is 5.77. The Hall–Kier alpha value is -1.84. The lowest BCUT2D eigenvalue weighted by Crippen LogP contribution is -2.49. The number of methoxy groups -OCH3 is 1. The van der Waals surface area contributed by atoms with E-state index >= 15 is 0 Å². The van der Waals surface area contributed by atoms with Gasteiger partial charge in [-0.15, -0.1) is 0 Å². The average Bonchev–Trinajstić information content (AvgIpc) is 3.06. The molecule has 8 nitrogen and oxygen atoms in total. The first-order valence-corrected chi connectivity index (χ1v) is 10.2. The molecule has 0 spiro atoms. The molecule has 1 atom stereocenters. The van der Waals surface area contributed by atoms with Crippen LogP contribution in [0.3, 0.4) is 0 Å². The molecule has 1 N–H and O–H groups in total. The van der Waals surface area contributed by atoms with Crippen LogP contribution < -0.4 is 5.56 Å². The maximum Gasteiger partial charge on any atom is 0.261 e. The maximum atomic E-state index is 13.2. The van der Waals surface area contributed by atoms with Crippen LogP contribution in [0.4, 0.5) is 0 Å². The van der Waals surface area contributed by atoms with Gasteiger partial charge in [0.15, 0.2) is 0 Å². The molecular formula is C21H29N3O5. The van der Waals surface area contributed by atoms with Crippen LogP contribution in [-0.4, -0.2) is 78.4 Å². The highest BCUT2D eigenvalue weighted by Gasteiger charge is 2.38. The molecule has 2 saturated heterocycles. The van der Waals surface area contributed by atoms with E-state index in [4.69, 9.17) is 19.2 Å². The highest BCUT2D eigenvalue weighted by Crippen LogP contribution is 2.32. The van der Waals surface area contributed by atoms with Crippen LogP contribution in [0.25, 0.3) is 10.9 Å². The van der Waals surface area contributed by atoms with Gasteiger partial charge in [-0.2, -0.15) is 0 Å². The molecule has 1 aromatic heterocycles. The summed E-state index contributed by atoms with van der Waals surface area (Å²) in [6.07, 6.45) is 1.87. The Morgan fingerprint density at radius 2 is 2.03 bits per heavy atom. The van der Waals surface area contributed by atoms with Gasteiger partial charge in [-0.3, -0.25) is 14.3 Å². The molecule has 0 saturated carbocycles. The second-order valence-electron chi connectivity index (χ2n) is 7.89. The zero-order valence-corrected chi connectivity index (χ0v) is 16.9. The summed E-state index contributed by atoms with van der Waals surface area (Å²) in [6.45, 7) is 3.62. The molecular weight excluding hydrogens is 374 g/mol. The quantitative estimate of drug-likeness (QED) is 0.769. The Kier molecular flexibility index (Phi) is 6.26. The molecule has 1 unspecified atom stereocenters. The van der Waals surface area contributed by atoms with Gasteiger partial charge in [-0.05, 0) is 31.5 Å². The fourth-order valence-corrected chi connectivity index (χ4v) is 4.30. The number of hydrogen-bond acceptors (Lipinski definition) is 7. The number of nitrogens with zero attached hydrogens (tertiary/aromatic N) is 3. The summed E-state index contributed by atoms with van der Waals surface area (Å²) in [7, 11) is 1.63. The summed E-state index contributed by atoms with van der Waals surface area (Å²) in [5.74, 6) is 0.738. The lowest BCUT2D eigenvalue weighted by Gasteiger charge is -2.34. The van der Waals surface area contributed by atoms with Gasteiger partial charge >= 0.3 is 0 Å². The molecule has 0 bridgehead atoms.